The van der Waals surface area contributed by atoms with E-state index in [1.165, 1.54) is 59.4 Å². The van der Waals surface area contributed by atoms with Crippen LogP contribution in [0.15, 0.2) is 168 Å². The molecule has 9 aromatic carbocycles. The summed E-state index contributed by atoms with van der Waals surface area (Å²) in [5.41, 5.74) is 9.78. The van der Waals surface area contributed by atoms with Gasteiger partial charge in [0.2, 0.25) is 0 Å². The summed E-state index contributed by atoms with van der Waals surface area (Å²) in [6.45, 7) is 4.55. The van der Waals surface area contributed by atoms with Gasteiger partial charge in [-0.1, -0.05) is 135 Å². The van der Waals surface area contributed by atoms with Gasteiger partial charge < -0.3 is 4.42 Å². The molecule has 0 bridgehead atoms. The van der Waals surface area contributed by atoms with Crippen molar-refractivity contribution in [3.8, 4) is 28.3 Å². The molecular formula is C53H33N3O. The van der Waals surface area contributed by atoms with Crippen LogP contribution in [0.3, 0.4) is 0 Å². The van der Waals surface area contributed by atoms with E-state index in [1.807, 2.05) is 12.1 Å². The summed E-state index contributed by atoms with van der Waals surface area (Å²) in [7, 11) is 0. The van der Waals surface area contributed by atoms with Crippen molar-refractivity contribution in [2.75, 3.05) is 0 Å². The van der Waals surface area contributed by atoms with Crippen molar-refractivity contribution in [2.45, 2.75) is 19.3 Å². The van der Waals surface area contributed by atoms with Crippen molar-refractivity contribution < 1.29 is 4.42 Å². The number of furan rings is 1. The molecule has 3 heterocycles. The average molecular weight is 728 g/mol. The molecule has 12 aromatic rings. The SMILES string of the molecule is CC1(C)c2ccccc2-c2nc(-n3c4cc5ccccc5cc4c4c5c6ccccc6c6ccccc6c5ccc43)c(-c3ccc4oc5ccccc5c4c3)nc21. The van der Waals surface area contributed by atoms with Crippen LogP contribution >= 0.6 is 0 Å². The number of rotatable bonds is 2. The zero-order valence-electron chi connectivity index (χ0n) is 31.3. The summed E-state index contributed by atoms with van der Waals surface area (Å²) < 4.78 is 8.71. The Morgan fingerprint density at radius 1 is 0.456 bits per heavy atom. The Morgan fingerprint density at radius 3 is 1.89 bits per heavy atom. The molecule has 0 radical (unpaired) electrons. The second kappa shape index (κ2) is 10.9. The second-order valence-electron chi connectivity index (χ2n) is 16.1. The first-order valence-electron chi connectivity index (χ1n) is 19.7. The third-order valence-electron chi connectivity index (χ3n) is 12.7. The van der Waals surface area contributed by atoms with Crippen molar-refractivity contribution in [2.24, 2.45) is 0 Å². The van der Waals surface area contributed by atoms with Crippen LogP contribution in [0.1, 0.15) is 25.1 Å². The monoisotopic (exact) mass is 727 g/mol. The minimum atomic E-state index is -0.328. The normalized spacial score (nSPS) is 13.6. The Bertz CT molecular complexity index is 3700. The summed E-state index contributed by atoms with van der Waals surface area (Å²) in [6, 6.07) is 59.2. The molecule has 3 aromatic heterocycles. The predicted octanol–water partition coefficient (Wildman–Crippen LogP) is 14.1. The van der Waals surface area contributed by atoms with E-state index in [-0.39, 0.29) is 5.41 Å². The van der Waals surface area contributed by atoms with Gasteiger partial charge in [-0.3, -0.25) is 4.57 Å². The average Bonchev–Trinajstić information content (AvgIpc) is 3.87. The molecule has 1 aliphatic rings. The van der Waals surface area contributed by atoms with E-state index in [1.54, 1.807) is 0 Å². The van der Waals surface area contributed by atoms with E-state index in [0.717, 1.165) is 67.0 Å². The first kappa shape index (κ1) is 31.0. The van der Waals surface area contributed by atoms with E-state index in [9.17, 15) is 0 Å². The van der Waals surface area contributed by atoms with E-state index in [0.29, 0.717) is 0 Å². The number of hydrogen-bond acceptors (Lipinski definition) is 3. The van der Waals surface area contributed by atoms with E-state index < -0.39 is 0 Å². The van der Waals surface area contributed by atoms with E-state index in [2.05, 4.69) is 170 Å². The standard InChI is InChI=1S/C53H33N3O/c1-53(2)42-21-11-9-20-39(42)50-51(53)54-49(32-23-26-46-40(28-32)36-18-10-12-22-45(36)57-46)52(55-50)56-43-25-24-38-35-17-6-5-15-33(35)34-16-7-8-19-37(34)47(38)48(43)41-27-30-13-3-4-14-31(30)29-44(41)56/h3-29H,1-2H3. The number of fused-ring (bicyclic) bond motifs is 17. The van der Waals surface area contributed by atoms with Gasteiger partial charge >= 0.3 is 0 Å². The van der Waals surface area contributed by atoms with Gasteiger partial charge in [-0.15, -0.1) is 0 Å². The summed E-state index contributed by atoms with van der Waals surface area (Å²) in [6.07, 6.45) is 0. The van der Waals surface area contributed by atoms with Crippen LogP contribution in [0.4, 0.5) is 0 Å². The highest BCUT2D eigenvalue weighted by atomic mass is 16.3. The van der Waals surface area contributed by atoms with Crippen LogP contribution in [-0.2, 0) is 5.41 Å². The minimum absolute atomic E-state index is 0.328. The third kappa shape index (κ3) is 4.06. The molecule has 0 amide bonds. The van der Waals surface area contributed by atoms with Crippen LogP contribution in [0.2, 0.25) is 0 Å². The molecule has 0 saturated carbocycles. The molecule has 4 nitrogen and oxygen atoms in total. The number of aromatic nitrogens is 3. The maximum atomic E-state index is 6.32. The van der Waals surface area contributed by atoms with Crippen LogP contribution in [0, 0.1) is 0 Å². The highest BCUT2D eigenvalue weighted by Gasteiger charge is 2.39. The zero-order valence-corrected chi connectivity index (χ0v) is 31.3. The highest BCUT2D eigenvalue weighted by molar-refractivity contribution is 6.35. The Labute approximate surface area is 327 Å². The molecule has 266 valence electrons. The topological polar surface area (TPSA) is 43.9 Å². The van der Waals surface area contributed by atoms with Gasteiger partial charge in [0.25, 0.3) is 0 Å². The van der Waals surface area contributed by atoms with Crippen LogP contribution < -0.4 is 0 Å². The first-order chi connectivity index (χ1) is 28.0. The number of para-hydroxylation sites is 1. The van der Waals surface area contributed by atoms with Crippen molar-refractivity contribution in [3.05, 3.63) is 175 Å². The van der Waals surface area contributed by atoms with Crippen molar-refractivity contribution in [1.82, 2.24) is 14.5 Å². The highest BCUT2D eigenvalue weighted by Crippen LogP contribution is 2.50. The largest absolute Gasteiger partial charge is 0.456 e. The molecular weight excluding hydrogens is 695 g/mol. The lowest BCUT2D eigenvalue weighted by atomic mass is 9.85. The van der Waals surface area contributed by atoms with Crippen LogP contribution in [0.5, 0.6) is 0 Å². The van der Waals surface area contributed by atoms with Crippen molar-refractivity contribution in [1.29, 1.82) is 0 Å². The van der Waals surface area contributed by atoms with Gasteiger partial charge in [0.15, 0.2) is 5.82 Å². The van der Waals surface area contributed by atoms with Gasteiger partial charge in [0.05, 0.1) is 22.4 Å². The fourth-order valence-electron chi connectivity index (χ4n) is 10.1. The summed E-state index contributed by atoms with van der Waals surface area (Å²) in [5.74, 6) is 0.813. The van der Waals surface area contributed by atoms with Gasteiger partial charge in [-0.25, -0.2) is 9.97 Å². The second-order valence-corrected chi connectivity index (χ2v) is 16.1. The van der Waals surface area contributed by atoms with E-state index >= 15 is 0 Å². The molecule has 4 heteroatoms. The zero-order chi connectivity index (χ0) is 37.6. The van der Waals surface area contributed by atoms with Crippen molar-refractivity contribution >= 4 is 86.8 Å². The molecule has 0 saturated heterocycles. The van der Waals surface area contributed by atoms with Crippen molar-refractivity contribution in [3.63, 3.8) is 0 Å². The predicted molar refractivity (Wildman–Crippen MR) is 237 cm³/mol. The fraction of sp³-hybridized carbons (Fsp3) is 0.0566. The molecule has 0 spiro atoms. The maximum Gasteiger partial charge on any atom is 0.165 e. The minimum Gasteiger partial charge on any atom is -0.456 e. The Balaban J connectivity index is 1.24. The molecule has 0 fully saturated rings. The van der Waals surface area contributed by atoms with Gasteiger partial charge in [-0.05, 0) is 85.7 Å². The molecule has 0 N–H and O–H groups in total. The molecule has 57 heavy (non-hydrogen) atoms. The summed E-state index contributed by atoms with van der Waals surface area (Å²) in [5, 5.41) is 14.5. The molecule has 0 atom stereocenters. The van der Waals surface area contributed by atoms with Crippen LogP contribution in [0.25, 0.3) is 115 Å². The Hall–Kier alpha value is -7.30. The quantitative estimate of drug-likeness (QED) is 0.167. The lowest BCUT2D eigenvalue weighted by Crippen LogP contribution is -2.18. The van der Waals surface area contributed by atoms with Crippen LogP contribution in [-0.4, -0.2) is 14.5 Å². The number of hydrogen-bond donors (Lipinski definition) is 0. The lowest BCUT2D eigenvalue weighted by Gasteiger charge is -2.21. The van der Waals surface area contributed by atoms with Gasteiger partial charge in [-0.2, -0.15) is 0 Å². The Kier molecular flexibility index (Phi) is 5.94. The number of nitrogens with zero attached hydrogens (tertiary/aromatic N) is 3. The number of benzene rings is 9. The molecule has 1 aliphatic carbocycles. The third-order valence-corrected chi connectivity index (χ3v) is 12.7. The fourth-order valence-corrected chi connectivity index (χ4v) is 10.1. The molecule has 13 rings (SSSR count). The summed E-state index contributed by atoms with van der Waals surface area (Å²) in [4.78, 5) is 11.5. The Morgan fingerprint density at radius 2 is 1.09 bits per heavy atom. The lowest BCUT2D eigenvalue weighted by molar-refractivity contribution is 0.635. The smallest absolute Gasteiger partial charge is 0.165 e. The van der Waals surface area contributed by atoms with E-state index in [4.69, 9.17) is 14.4 Å². The van der Waals surface area contributed by atoms with Gasteiger partial charge in [0, 0.05) is 43.5 Å². The molecule has 0 aliphatic heterocycles. The van der Waals surface area contributed by atoms with Gasteiger partial charge in [0.1, 0.15) is 16.9 Å². The summed E-state index contributed by atoms with van der Waals surface area (Å²) >= 11 is 0. The maximum absolute atomic E-state index is 6.32. The molecule has 0 unspecified atom stereocenters. The first-order valence-corrected chi connectivity index (χ1v) is 19.7.